The van der Waals surface area contributed by atoms with Crippen molar-refractivity contribution in [3.63, 3.8) is 0 Å². The van der Waals surface area contributed by atoms with Crippen molar-refractivity contribution in [3.8, 4) is 6.07 Å². The van der Waals surface area contributed by atoms with Gasteiger partial charge in [-0.15, -0.1) is 0 Å². The van der Waals surface area contributed by atoms with Crippen LogP contribution in [0.25, 0.3) is 0 Å². The standard InChI is InChI=1S/C17H14F3N3O/c18-17(19,20)14-4-2-1-3-13(14)15-8-12(24)10-23(15)16-7-11(9-21)5-6-22-16/h1-7,12,15,24H,8,10H2/t12-,15+/m0/s1. The second-order valence-electron chi connectivity index (χ2n) is 5.66. The lowest BCUT2D eigenvalue weighted by molar-refractivity contribution is -0.138. The fraction of sp³-hybridized carbons (Fsp3) is 0.294. The molecule has 2 heterocycles. The van der Waals surface area contributed by atoms with Gasteiger partial charge in [0.25, 0.3) is 0 Å². The monoisotopic (exact) mass is 333 g/mol. The zero-order valence-electron chi connectivity index (χ0n) is 12.5. The Morgan fingerprint density at radius 1 is 1.25 bits per heavy atom. The van der Waals surface area contributed by atoms with Crippen LogP contribution in [0.5, 0.6) is 0 Å². The van der Waals surface area contributed by atoms with Crippen LogP contribution >= 0.6 is 0 Å². The van der Waals surface area contributed by atoms with Crippen molar-refractivity contribution in [2.45, 2.75) is 24.7 Å². The highest BCUT2D eigenvalue weighted by Crippen LogP contribution is 2.41. The molecule has 1 N–H and O–H groups in total. The van der Waals surface area contributed by atoms with Crippen LogP contribution < -0.4 is 4.90 Å². The minimum atomic E-state index is -4.47. The van der Waals surface area contributed by atoms with E-state index in [9.17, 15) is 18.3 Å². The molecule has 2 atom stereocenters. The maximum Gasteiger partial charge on any atom is 0.416 e. The average molecular weight is 333 g/mol. The molecule has 124 valence electrons. The molecule has 0 amide bonds. The van der Waals surface area contributed by atoms with Gasteiger partial charge < -0.3 is 10.0 Å². The SMILES string of the molecule is N#Cc1ccnc(N2C[C@@H](O)C[C@@H]2c2ccccc2C(F)(F)F)c1. The van der Waals surface area contributed by atoms with E-state index in [1.54, 1.807) is 11.0 Å². The third kappa shape index (κ3) is 3.05. The first-order valence-electron chi connectivity index (χ1n) is 7.37. The smallest absolute Gasteiger partial charge is 0.391 e. The molecular weight excluding hydrogens is 319 g/mol. The maximum absolute atomic E-state index is 13.3. The van der Waals surface area contributed by atoms with Crippen LogP contribution in [0.4, 0.5) is 19.0 Å². The first-order chi connectivity index (χ1) is 11.4. The van der Waals surface area contributed by atoms with E-state index < -0.39 is 23.9 Å². The van der Waals surface area contributed by atoms with Gasteiger partial charge in [0, 0.05) is 12.7 Å². The van der Waals surface area contributed by atoms with E-state index in [0.29, 0.717) is 11.4 Å². The van der Waals surface area contributed by atoms with Crippen LogP contribution in [-0.4, -0.2) is 22.7 Å². The van der Waals surface area contributed by atoms with Gasteiger partial charge in [0.2, 0.25) is 0 Å². The van der Waals surface area contributed by atoms with Gasteiger partial charge in [-0.2, -0.15) is 18.4 Å². The van der Waals surface area contributed by atoms with E-state index in [4.69, 9.17) is 5.26 Å². The van der Waals surface area contributed by atoms with Crippen LogP contribution in [0.2, 0.25) is 0 Å². The van der Waals surface area contributed by atoms with Crippen LogP contribution in [0.1, 0.15) is 29.2 Å². The van der Waals surface area contributed by atoms with Crippen molar-refractivity contribution >= 4 is 5.82 Å². The van der Waals surface area contributed by atoms with E-state index in [1.165, 1.54) is 30.5 Å². The molecule has 0 bridgehead atoms. The van der Waals surface area contributed by atoms with Crippen LogP contribution in [0.3, 0.4) is 0 Å². The van der Waals surface area contributed by atoms with E-state index in [0.717, 1.165) is 6.07 Å². The molecule has 1 fully saturated rings. The lowest BCUT2D eigenvalue weighted by atomic mass is 9.97. The number of aromatic nitrogens is 1. The number of halogens is 3. The topological polar surface area (TPSA) is 60.2 Å². The summed E-state index contributed by atoms with van der Waals surface area (Å²) in [6, 6.07) is 9.72. The van der Waals surface area contributed by atoms with Gasteiger partial charge in [0.15, 0.2) is 0 Å². The Morgan fingerprint density at radius 2 is 2.00 bits per heavy atom. The number of aliphatic hydroxyl groups is 1. The average Bonchev–Trinajstić information content (AvgIpc) is 2.96. The van der Waals surface area contributed by atoms with E-state index in [1.807, 2.05) is 6.07 Å². The van der Waals surface area contributed by atoms with Crippen LogP contribution in [0, 0.1) is 11.3 Å². The fourth-order valence-electron chi connectivity index (χ4n) is 3.05. The summed E-state index contributed by atoms with van der Waals surface area (Å²) in [5.74, 6) is 0.382. The van der Waals surface area contributed by atoms with Gasteiger partial charge in [-0.1, -0.05) is 18.2 Å². The van der Waals surface area contributed by atoms with Gasteiger partial charge in [0.1, 0.15) is 5.82 Å². The van der Waals surface area contributed by atoms with Gasteiger partial charge in [0.05, 0.1) is 29.3 Å². The number of rotatable bonds is 2. The molecule has 1 aromatic carbocycles. The van der Waals surface area contributed by atoms with Crippen molar-refractivity contribution in [1.29, 1.82) is 5.26 Å². The Bertz CT molecular complexity index is 785. The molecule has 3 rings (SSSR count). The first kappa shape index (κ1) is 16.3. The van der Waals surface area contributed by atoms with Crippen molar-refractivity contribution < 1.29 is 18.3 Å². The second kappa shape index (κ2) is 6.13. The number of hydrogen-bond acceptors (Lipinski definition) is 4. The minimum Gasteiger partial charge on any atom is -0.391 e. The summed E-state index contributed by atoms with van der Waals surface area (Å²) < 4.78 is 39.9. The van der Waals surface area contributed by atoms with E-state index >= 15 is 0 Å². The van der Waals surface area contributed by atoms with Gasteiger partial charge in [-0.3, -0.25) is 0 Å². The zero-order valence-corrected chi connectivity index (χ0v) is 12.5. The molecule has 1 aliphatic rings. The van der Waals surface area contributed by atoms with Crippen molar-refractivity contribution in [3.05, 3.63) is 59.3 Å². The molecule has 1 aromatic heterocycles. The quantitative estimate of drug-likeness (QED) is 0.916. The molecule has 7 heteroatoms. The number of nitriles is 1. The van der Waals surface area contributed by atoms with Crippen LogP contribution in [0.15, 0.2) is 42.6 Å². The summed E-state index contributed by atoms with van der Waals surface area (Å²) >= 11 is 0. The Labute approximate surface area is 136 Å². The summed E-state index contributed by atoms with van der Waals surface area (Å²) in [5.41, 5.74) is -0.250. The molecule has 0 radical (unpaired) electrons. The molecule has 1 aliphatic heterocycles. The molecule has 24 heavy (non-hydrogen) atoms. The predicted octanol–water partition coefficient (Wildman–Crippen LogP) is 3.28. The van der Waals surface area contributed by atoms with Gasteiger partial charge in [-0.25, -0.2) is 4.98 Å². The summed E-state index contributed by atoms with van der Waals surface area (Å²) in [5, 5.41) is 19.0. The number of benzene rings is 1. The Morgan fingerprint density at radius 3 is 2.71 bits per heavy atom. The van der Waals surface area contributed by atoms with E-state index in [2.05, 4.69) is 4.98 Å². The fourth-order valence-corrected chi connectivity index (χ4v) is 3.05. The second-order valence-corrected chi connectivity index (χ2v) is 5.66. The molecule has 0 spiro atoms. The molecule has 0 unspecified atom stereocenters. The summed E-state index contributed by atoms with van der Waals surface area (Å²) in [4.78, 5) is 5.77. The number of nitrogens with zero attached hydrogens (tertiary/aromatic N) is 3. The molecular formula is C17H14F3N3O. The zero-order chi connectivity index (χ0) is 17.3. The number of hydrogen-bond donors (Lipinski definition) is 1. The largest absolute Gasteiger partial charge is 0.416 e. The third-order valence-electron chi connectivity index (χ3n) is 4.07. The first-order valence-corrected chi connectivity index (χ1v) is 7.37. The molecule has 0 saturated carbocycles. The van der Waals surface area contributed by atoms with E-state index in [-0.39, 0.29) is 18.5 Å². The Kier molecular flexibility index (Phi) is 4.16. The van der Waals surface area contributed by atoms with Crippen molar-refractivity contribution in [2.24, 2.45) is 0 Å². The lowest BCUT2D eigenvalue weighted by Crippen LogP contribution is -2.26. The number of anilines is 1. The minimum absolute atomic E-state index is 0.103. The van der Waals surface area contributed by atoms with Gasteiger partial charge >= 0.3 is 6.18 Å². The maximum atomic E-state index is 13.3. The molecule has 2 aromatic rings. The third-order valence-corrected chi connectivity index (χ3v) is 4.07. The summed E-state index contributed by atoms with van der Waals surface area (Å²) in [6.45, 7) is 0.165. The van der Waals surface area contributed by atoms with Crippen molar-refractivity contribution in [1.82, 2.24) is 4.98 Å². The Balaban J connectivity index is 2.05. The summed E-state index contributed by atoms with van der Waals surface area (Å²) in [6.07, 6.45) is -3.63. The summed E-state index contributed by atoms with van der Waals surface area (Å²) in [7, 11) is 0. The highest BCUT2D eigenvalue weighted by Gasteiger charge is 2.40. The normalized spacial score (nSPS) is 20.9. The molecule has 1 saturated heterocycles. The van der Waals surface area contributed by atoms with Crippen molar-refractivity contribution in [2.75, 3.05) is 11.4 Å². The lowest BCUT2D eigenvalue weighted by Gasteiger charge is -2.28. The molecule has 4 nitrogen and oxygen atoms in total. The van der Waals surface area contributed by atoms with Crippen LogP contribution in [-0.2, 0) is 6.18 Å². The predicted molar refractivity (Wildman–Crippen MR) is 81.1 cm³/mol. The Hall–Kier alpha value is -2.59. The number of alkyl halides is 3. The highest BCUT2D eigenvalue weighted by molar-refractivity contribution is 5.50. The number of aliphatic hydroxyl groups excluding tert-OH is 1. The number of pyridine rings is 1. The number of β-amino-alcohol motifs (C(OH)–C–C–N with tert-alkyl or cyclic N) is 1. The van der Waals surface area contributed by atoms with Gasteiger partial charge in [-0.05, 0) is 30.2 Å². The molecule has 0 aliphatic carbocycles. The highest BCUT2D eigenvalue weighted by atomic mass is 19.4.